The first-order valence-electron chi connectivity index (χ1n) is 7.50. The third kappa shape index (κ3) is 4.99. The van der Waals surface area contributed by atoms with E-state index < -0.39 is 0 Å². The van der Waals surface area contributed by atoms with Crippen molar-refractivity contribution in [3.05, 3.63) is 60.2 Å². The number of anilines is 2. The highest BCUT2D eigenvalue weighted by Gasteiger charge is 2.05. The lowest BCUT2D eigenvalue weighted by Crippen LogP contribution is -2.19. The second-order valence-corrected chi connectivity index (χ2v) is 4.90. The van der Waals surface area contributed by atoms with Crippen molar-refractivity contribution in [2.24, 2.45) is 0 Å². The van der Waals surface area contributed by atoms with Gasteiger partial charge in [-0.05, 0) is 30.7 Å². The van der Waals surface area contributed by atoms with E-state index in [1.54, 1.807) is 0 Å². The van der Waals surface area contributed by atoms with Gasteiger partial charge in [0, 0.05) is 17.7 Å². The predicted octanol–water partition coefficient (Wildman–Crippen LogP) is 4.87. The Bertz CT molecular complexity index is 669. The van der Waals surface area contributed by atoms with Crippen LogP contribution in [0.2, 0.25) is 0 Å². The summed E-state index contributed by atoms with van der Waals surface area (Å²) in [4.78, 5) is 12.0. The first-order valence-corrected chi connectivity index (χ1v) is 7.50. The fourth-order valence-corrected chi connectivity index (χ4v) is 1.93. The zero-order chi connectivity index (χ0) is 15.6. The van der Waals surface area contributed by atoms with Gasteiger partial charge >= 0.3 is 6.03 Å². The van der Waals surface area contributed by atoms with Crippen molar-refractivity contribution in [2.45, 2.75) is 26.2 Å². The average Bonchev–Trinajstić information content (AvgIpc) is 2.54. The van der Waals surface area contributed by atoms with E-state index in [9.17, 15) is 4.79 Å². The van der Waals surface area contributed by atoms with Crippen molar-refractivity contribution in [2.75, 3.05) is 10.6 Å². The molecule has 2 aromatic carbocycles. The summed E-state index contributed by atoms with van der Waals surface area (Å²) in [5, 5.41) is 5.64. The van der Waals surface area contributed by atoms with Gasteiger partial charge in [0.15, 0.2) is 0 Å². The summed E-state index contributed by atoms with van der Waals surface area (Å²) in [6.07, 6.45) is 3.10. The van der Waals surface area contributed by atoms with Crippen LogP contribution in [0.25, 0.3) is 0 Å². The summed E-state index contributed by atoms with van der Waals surface area (Å²) in [7, 11) is 0. The Morgan fingerprint density at radius 3 is 2.50 bits per heavy atom. The monoisotopic (exact) mass is 292 g/mol. The maximum atomic E-state index is 12.0. The Kier molecular flexibility index (Phi) is 6.07. The molecule has 0 aliphatic carbocycles. The number of hydrogen-bond donors (Lipinski definition) is 2. The predicted molar refractivity (Wildman–Crippen MR) is 91.9 cm³/mol. The molecule has 0 bridgehead atoms. The largest absolute Gasteiger partial charge is 0.323 e. The molecule has 0 aliphatic rings. The van der Waals surface area contributed by atoms with Crippen molar-refractivity contribution in [1.82, 2.24) is 0 Å². The molecule has 2 N–H and O–H groups in total. The summed E-state index contributed by atoms with van der Waals surface area (Å²) >= 11 is 0. The number of hydrogen-bond acceptors (Lipinski definition) is 1. The molecule has 2 aromatic rings. The van der Waals surface area contributed by atoms with E-state index in [-0.39, 0.29) is 6.03 Å². The van der Waals surface area contributed by atoms with Gasteiger partial charge in [-0.15, -0.1) is 0 Å². The molecule has 22 heavy (non-hydrogen) atoms. The van der Waals surface area contributed by atoms with Gasteiger partial charge in [-0.25, -0.2) is 4.79 Å². The molecule has 0 atom stereocenters. The zero-order valence-corrected chi connectivity index (χ0v) is 12.7. The maximum Gasteiger partial charge on any atom is 0.323 e. The molecule has 3 nitrogen and oxygen atoms in total. The SMILES string of the molecule is CCCCC#Cc1ccccc1NC(=O)Nc1ccccc1. The van der Waals surface area contributed by atoms with E-state index >= 15 is 0 Å². The van der Waals surface area contributed by atoms with Gasteiger partial charge in [0.25, 0.3) is 0 Å². The number of para-hydroxylation sites is 2. The number of unbranched alkanes of at least 4 members (excludes halogenated alkanes) is 2. The number of amides is 2. The Morgan fingerprint density at radius 2 is 1.73 bits per heavy atom. The highest BCUT2D eigenvalue weighted by molar-refractivity contribution is 6.00. The fourth-order valence-electron chi connectivity index (χ4n) is 1.93. The van der Waals surface area contributed by atoms with Crippen molar-refractivity contribution in [3.63, 3.8) is 0 Å². The Hall–Kier alpha value is -2.73. The number of carbonyl (C=O) groups is 1. The molecule has 0 aliphatic heterocycles. The summed E-state index contributed by atoms with van der Waals surface area (Å²) in [6.45, 7) is 2.14. The van der Waals surface area contributed by atoms with Gasteiger partial charge in [-0.1, -0.05) is 55.5 Å². The van der Waals surface area contributed by atoms with Gasteiger partial charge in [0.1, 0.15) is 0 Å². The fraction of sp³-hybridized carbons (Fsp3) is 0.211. The number of nitrogens with one attached hydrogen (secondary N) is 2. The lowest BCUT2D eigenvalue weighted by Gasteiger charge is -2.09. The molecule has 2 rings (SSSR count). The van der Waals surface area contributed by atoms with E-state index in [1.807, 2.05) is 54.6 Å². The lowest BCUT2D eigenvalue weighted by atomic mass is 10.1. The van der Waals surface area contributed by atoms with Gasteiger partial charge in [-0.3, -0.25) is 0 Å². The van der Waals surface area contributed by atoms with Crippen LogP contribution < -0.4 is 10.6 Å². The lowest BCUT2D eigenvalue weighted by molar-refractivity contribution is 0.262. The Labute approximate surface area is 131 Å². The van der Waals surface area contributed by atoms with Crippen molar-refractivity contribution < 1.29 is 4.79 Å². The first-order chi connectivity index (χ1) is 10.8. The molecule has 0 heterocycles. The van der Waals surface area contributed by atoms with E-state index in [4.69, 9.17) is 0 Å². The van der Waals surface area contributed by atoms with Gasteiger partial charge < -0.3 is 10.6 Å². The summed E-state index contributed by atoms with van der Waals surface area (Å²) in [6, 6.07) is 16.7. The minimum atomic E-state index is -0.269. The number of urea groups is 1. The standard InChI is InChI=1S/C19H20N2O/c1-2-3-4-6-11-16-12-9-10-15-18(16)21-19(22)20-17-13-7-5-8-14-17/h5,7-10,12-15H,2-4H2,1H3,(H2,20,21,22). The van der Waals surface area contributed by atoms with E-state index in [0.29, 0.717) is 0 Å². The highest BCUT2D eigenvalue weighted by Crippen LogP contribution is 2.14. The quantitative estimate of drug-likeness (QED) is 0.612. The van der Waals surface area contributed by atoms with Gasteiger partial charge in [0.2, 0.25) is 0 Å². The van der Waals surface area contributed by atoms with E-state index in [1.165, 1.54) is 0 Å². The van der Waals surface area contributed by atoms with Crippen LogP contribution in [0, 0.1) is 11.8 Å². The normalized spacial score (nSPS) is 9.50. The van der Waals surface area contributed by atoms with Crippen molar-refractivity contribution in [3.8, 4) is 11.8 Å². The molecule has 0 fully saturated rings. The van der Waals surface area contributed by atoms with Crippen LogP contribution in [0.15, 0.2) is 54.6 Å². The van der Waals surface area contributed by atoms with Crippen molar-refractivity contribution in [1.29, 1.82) is 0 Å². The second-order valence-electron chi connectivity index (χ2n) is 4.90. The third-order valence-electron chi connectivity index (χ3n) is 3.09. The smallest absolute Gasteiger partial charge is 0.308 e. The van der Waals surface area contributed by atoms with Crippen LogP contribution in [-0.2, 0) is 0 Å². The third-order valence-corrected chi connectivity index (χ3v) is 3.09. The zero-order valence-electron chi connectivity index (χ0n) is 12.7. The van der Waals surface area contributed by atoms with Crippen LogP contribution in [-0.4, -0.2) is 6.03 Å². The molecule has 0 aromatic heterocycles. The van der Waals surface area contributed by atoms with Gasteiger partial charge in [-0.2, -0.15) is 0 Å². The molecule has 3 heteroatoms. The summed E-state index contributed by atoms with van der Waals surface area (Å²) in [5.74, 6) is 6.27. The molecule has 112 valence electrons. The van der Waals surface area contributed by atoms with E-state index in [0.717, 1.165) is 36.2 Å². The molecule has 2 amide bonds. The average molecular weight is 292 g/mol. The first kappa shape index (κ1) is 15.7. The topological polar surface area (TPSA) is 41.1 Å². The van der Waals surface area contributed by atoms with Crippen LogP contribution in [0.5, 0.6) is 0 Å². The molecule has 0 unspecified atom stereocenters. The molecule has 0 saturated carbocycles. The molecule has 0 spiro atoms. The number of carbonyl (C=O) groups excluding carboxylic acids is 1. The minimum Gasteiger partial charge on any atom is -0.308 e. The van der Waals surface area contributed by atoms with Gasteiger partial charge in [0.05, 0.1) is 5.69 Å². The molecular formula is C19H20N2O. The second kappa shape index (κ2) is 8.53. The highest BCUT2D eigenvalue weighted by atomic mass is 16.2. The summed E-state index contributed by atoms with van der Waals surface area (Å²) < 4.78 is 0. The van der Waals surface area contributed by atoms with Crippen LogP contribution in [0.3, 0.4) is 0 Å². The maximum absolute atomic E-state index is 12.0. The molecular weight excluding hydrogens is 272 g/mol. The summed E-state index contributed by atoms with van der Waals surface area (Å²) in [5.41, 5.74) is 2.31. The molecule has 0 saturated heterocycles. The Balaban J connectivity index is 2.02. The van der Waals surface area contributed by atoms with E-state index in [2.05, 4.69) is 29.4 Å². The van der Waals surface area contributed by atoms with Crippen LogP contribution in [0.1, 0.15) is 31.7 Å². The number of benzene rings is 2. The Morgan fingerprint density at radius 1 is 1.00 bits per heavy atom. The molecule has 0 radical (unpaired) electrons. The number of rotatable bonds is 4. The van der Waals surface area contributed by atoms with Crippen LogP contribution >= 0.6 is 0 Å². The van der Waals surface area contributed by atoms with Crippen molar-refractivity contribution >= 4 is 17.4 Å². The minimum absolute atomic E-state index is 0.269. The van der Waals surface area contributed by atoms with Crippen LogP contribution in [0.4, 0.5) is 16.2 Å².